The monoisotopic (exact) mass is 728 g/mol. The first-order valence-electron chi connectivity index (χ1n) is 19.6. The molecule has 2 heteroatoms. The first-order valence-corrected chi connectivity index (χ1v) is 19.6. The molecular weight excluding hydrogens is 689 g/mol. The summed E-state index contributed by atoms with van der Waals surface area (Å²) in [6.07, 6.45) is 0. The molecule has 0 aliphatic heterocycles. The molecule has 1 aromatic heterocycles. The third-order valence-corrected chi connectivity index (χ3v) is 11.5. The van der Waals surface area contributed by atoms with Gasteiger partial charge >= 0.3 is 0 Å². The van der Waals surface area contributed by atoms with E-state index in [1.54, 1.807) is 0 Å². The Kier molecular flexibility index (Phi) is 8.53. The number of fused-ring (bicyclic) bond motifs is 3. The molecule has 8 aromatic carbocycles. The molecule has 0 radical (unpaired) electrons. The lowest BCUT2D eigenvalue weighted by molar-refractivity contribution is 0.660. The molecule has 0 bridgehead atoms. The summed E-state index contributed by atoms with van der Waals surface area (Å²) in [6, 6.07) is 73.9. The number of aromatic nitrogens is 2. The lowest BCUT2D eigenvalue weighted by Gasteiger charge is -2.23. The Morgan fingerprint density at radius 1 is 0.281 bits per heavy atom. The van der Waals surface area contributed by atoms with Crippen LogP contribution >= 0.6 is 0 Å². The van der Waals surface area contributed by atoms with E-state index in [1.807, 2.05) is 24.3 Å². The average molecular weight is 729 g/mol. The Labute approximate surface area is 334 Å². The number of rotatable bonds is 7. The lowest BCUT2D eigenvalue weighted by Crippen LogP contribution is -2.15. The zero-order valence-corrected chi connectivity index (χ0v) is 32.0. The highest BCUT2D eigenvalue weighted by atomic mass is 14.9. The number of benzene rings is 8. The number of hydrogen-bond donors (Lipinski definition) is 0. The van der Waals surface area contributed by atoms with Crippen molar-refractivity contribution in [2.45, 2.75) is 19.3 Å². The molecule has 1 aliphatic rings. The quantitative estimate of drug-likeness (QED) is 0.163. The van der Waals surface area contributed by atoms with Crippen molar-refractivity contribution in [2.75, 3.05) is 0 Å². The van der Waals surface area contributed by atoms with Crippen molar-refractivity contribution in [1.29, 1.82) is 0 Å². The van der Waals surface area contributed by atoms with E-state index in [1.165, 1.54) is 55.6 Å². The van der Waals surface area contributed by atoms with E-state index in [9.17, 15) is 0 Å². The second-order valence-corrected chi connectivity index (χ2v) is 15.4. The minimum atomic E-state index is -0.114. The van der Waals surface area contributed by atoms with Crippen LogP contribution in [-0.2, 0) is 5.41 Å². The van der Waals surface area contributed by atoms with E-state index < -0.39 is 0 Å². The van der Waals surface area contributed by atoms with Crippen molar-refractivity contribution < 1.29 is 0 Å². The van der Waals surface area contributed by atoms with Crippen molar-refractivity contribution in [2.24, 2.45) is 0 Å². The van der Waals surface area contributed by atoms with Crippen LogP contribution in [-0.4, -0.2) is 9.97 Å². The molecule has 0 unspecified atom stereocenters. The van der Waals surface area contributed by atoms with Gasteiger partial charge in [-0.2, -0.15) is 0 Å². The van der Waals surface area contributed by atoms with Gasteiger partial charge in [-0.1, -0.05) is 190 Å². The Bertz CT molecular complexity index is 2840. The van der Waals surface area contributed by atoms with Gasteiger partial charge in [0.1, 0.15) is 0 Å². The summed E-state index contributed by atoms with van der Waals surface area (Å²) < 4.78 is 0. The number of nitrogens with zero attached hydrogens (tertiary/aromatic N) is 2. The maximum absolute atomic E-state index is 5.12. The van der Waals surface area contributed by atoms with Crippen LogP contribution in [0.15, 0.2) is 206 Å². The van der Waals surface area contributed by atoms with Crippen molar-refractivity contribution >= 4 is 0 Å². The van der Waals surface area contributed by atoms with Gasteiger partial charge in [0.05, 0.1) is 11.4 Å². The molecule has 0 N–H and O–H groups in total. The Morgan fingerprint density at radius 3 is 1.44 bits per heavy atom. The molecule has 1 aliphatic carbocycles. The summed E-state index contributed by atoms with van der Waals surface area (Å²) in [5.41, 5.74) is 19.8. The van der Waals surface area contributed by atoms with Crippen LogP contribution in [0, 0.1) is 0 Å². The molecule has 1 heterocycles. The fourth-order valence-electron chi connectivity index (χ4n) is 8.49. The summed E-state index contributed by atoms with van der Waals surface area (Å²) in [4.78, 5) is 10.1. The highest BCUT2D eigenvalue weighted by Crippen LogP contribution is 2.52. The normalized spacial score (nSPS) is 12.5. The molecular formula is C55H40N2. The van der Waals surface area contributed by atoms with Gasteiger partial charge in [-0.15, -0.1) is 0 Å². The van der Waals surface area contributed by atoms with E-state index in [-0.39, 0.29) is 5.41 Å². The molecule has 10 rings (SSSR count). The molecule has 0 saturated carbocycles. The smallest absolute Gasteiger partial charge is 0.160 e. The van der Waals surface area contributed by atoms with Crippen LogP contribution in [0.4, 0.5) is 0 Å². The molecule has 9 aromatic rings. The number of hydrogen-bond acceptors (Lipinski definition) is 2. The molecule has 0 saturated heterocycles. The maximum atomic E-state index is 5.12. The summed E-state index contributed by atoms with van der Waals surface area (Å²) >= 11 is 0. The van der Waals surface area contributed by atoms with Crippen LogP contribution in [0.25, 0.3) is 89.5 Å². The fraction of sp³-hybridized carbons (Fsp3) is 0.0545. The average Bonchev–Trinajstić information content (AvgIpc) is 3.51. The molecule has 57 heavy (non-hydrogen) atoms. The Morgan fingerprint density at radius 2 is 0.754 bits per heavy atom. The van der Waals surface area contributed by atoms with Gasteiger partial charge in [0.2, 0.25) is 0 Å². The van der Waals surface area contributed by atoms with Crippen molar-refractivity contribution in [1.82, 2.24) is 9.97 Å². The minimum absolute atomic E-state index is 0.114. The van der Waals surface area contributed by atoms with Gasteiger partial charge in [0.25, 0.3) is 0 Å². The minimum Gasteiger partial charge on any atom is -0.228 e. The standard InChI is InChI=1S/C55H40N2/c1-55(2)50-27-13-12-26-46(50)49-34-47(39-30-28-38(29-31-39)37-16-6-3-7-17-37)48(35-51(49)55)44-24-14-22-42(32-44)43-23-15-25-45(33-43)53-36-52(40-18-8-4-9-19-40)56-54(57-53)41-20-10-5-11-21-41/h3-36H,1-2H3. The van der Waals surface area contributed by atoms with E-state index >= 15 is 0 Å². The SMILES string of the molecule is CC1(C)c2ccccc2-c2cc(-c3ccc(-c4ccccc4)cc3)c(-c3cccc(-c4cccc(-c5cc(-c6ccccc6)nc(-c6ccccc6)n5)c4)c3)cc21. The zero-order chi connectivity index (χ0) is 38.3. The van der Waals surface area contributed by atoms with Crippen molar-refractivity contribution in [3.05, 3.63) is 217 Å². The predicted octanol–water partition coefficient (Wildman–Crippen LogP) is 14.5. The molecule has 0 atom stereocenters. The molecule has 0 amide bonds. The van der Waals surface area contributed by atoms with Crippen LogP contribution in [0.2, 0.25) is 0 Å². The molecule has 0 fully saturated rings. The van der Waals surface area contributed by atoms with Gasteiger partial charge in [-0.3, -0.25) is 0 Å². The predicted molar refractivity (Wildman–Crippen MR) is 238 cm³/mol. The van der Waals surface area contributed by atoms with Gasteiger partial charge in [-0.25, -0.2) is 9.97 Å². The summed E-state index contributed by atoms with van der Waals surface area (Å²) in [6.45, 7) is 4.72. The highest BCUT2D eigenvalue weighted by Gasteiger charge is 2.36. The van der Waals surface area contributed by atoms with Gasteiger partial charge in [-0.05, 0) is 97.1 Å². The largest absolute Gasteiger partial charge is 0.228 e. The zero-order valence-electron chi connectivity index (χ0n) is 32.0. The Balaban J connectivity index is 1.09. The second kappa shape index (κ2) is 14.2. The summed E-state index contributed by atoms with van der Waals surface area (Å²) in [5.74, 6) is 0.713. The second-order valence-electron chi connectivity index (χ2n) is 15.4. The van der Waals surface area contributed by atoms with Crippen LogP contribution < -0.4 is 0 Å². The van der Waals surface area contributed by atoms with E-state index in [2.05, 4.69) is 196 Å². The summed E-state index contributed by atoms with van der Waals surface area (Å²) in [7, 11) is 0. The van der Waals surface area contributed by atoms with Crippen LogP contribution in [0.1, 0.15) is 25.0 Å². The topological polar surface area (TPSA) is 25.8 Å². The highest BCUT2D eigenvalue weighted by molar-refractivity contribution is 5.93. The van der Waals surface area contributed by atoms with Gasteiger partial charge < -0.3 is 0 Å². The Hall–Kier alpha value is -7.16. The van der Waals surface area contributed by atoms with Gasteiger partial charge in [0, 0.05) is 22.1 Å². The summed E-state index contributed by atoms with van der Waals surface area (Å²) in [5, 5.41) is 0. The van der Waals surface area contributed by atoms with Crippen molar-refractivity contribution in [3.63, 3.8) is 0 Å². The fourth-order valence-corrected chi connectivity index (χ4v) is 8.49. The van der Waals surface area contributed by atoms with Gasteiger partial charge in [0.15, 0.2) is 5.82 Å². The van der Waals surface area contributed by atoms with E-state index in [4.69, 9.17) is 9.97 Å². The molecule has 2 nitrogen and oxygen atoms in total. The first kappa shape index (κ1) is 34.3. The third-order valence-electron chi connectivity index (χ3n) is 11.5. The van der Waals surface area contributed by atoms with E-state index in [0.29, 0.717) is 5.82 Å². The maximum Gasteiger partial charge on any atom is 0.160 e. The first-order chi connectivity index (χ1) is 28.0. The van der Waals surface area contributed by atoms with Crippen LogP contribution in [0.5, 0.6) is 0 Å². The van der Waals surface area contributed by atoms with Crippen LogP contribution in [0.3, 0.4) is 0 Å². The molecule has 0 spiro atoms. The van der Waals surface area contributed by atoms with E-state index in [0.717, 1.165) is 39.2 Å². The van der Waals surface area contributed by atoms with Crippen molar-refractivity contribution in [3.8, 4) is 89.5 Å². The lowest BCUT2D eigenvalue weighted by atomic mass is 9.80. The third kappa shape index (κ3) is 6.36. The molecule has 270 valence electrons.